The lowest BCUT2D eigenvalue weighted by molar-refractivity contribution is -0.131. The van der Waals surface area contributed by atoms with E-state index in [1.54, 1.807) is 14.1 Å². The zero-order valence-corrected chi connectivity index (χ0v) is 15.9. The van der Waals surface area contributed by atoms with Gasteiger partial charge in [-0.15, -0.1) is 0 Å². The summed E-state index contributed by atoms with van der Waals surface area (Å²) in [6.07, 6.45) is 0. The van der Waals surface area contributed by atoms with Gasteiger partial charge in [0.1, 0.15) is 0 Å². The number of likely N-dealkylation sites (N-methyl/N-ethyl adjacent to an activating group) is 2. The van der Waals surface area contributed by atoms with Gasteiger partial charge in [0.25, 0.3) is 0 Å². The van der Waals surface area contributed by atoms with Crippen LogP contribution < -0.4 is 5.32 Å². The van der Waals surface area contributed by atoms with Gasteiger partial charge in [0.2, 0.25) is 11.8 Å². The lowest BCUT2D eigenvalue weighted by Gasteiger charge is -2.22. The number of nitrogens with one attached hydrogen (secondary N) is 1. The minimum atomic E-state index is -1.65. The molecule has 2 rings (SSSR count). The third-order valence-corrected chi connectivity index (χ3v) is 4.09. The van der Waals surface area contributed by atoms with Gasteiger partial charge in [-0.1, -0.05) is 29.8 Å². The summed E-state index contributed by atoms with van der Waals surface area (Å²) in [6, 6.07) is 9.45. The molecule has 5 nitrogen and oxygen atoms in total. The summed E-state index contributed by atoms with van der Waals surface area (Å²) >= 11 is 0. The highest BCUT2D eigenvalue weighted by molar-refractivity contribution is 5.92. The van der Waals surface area contributed by atoms with Gasteiger partial charge in [0.05, 0.1) is 18.8 Å². The predicted molar refractivity (Wildman–Crippen MR) is 100 cm³/mol. The largest absolute Gasteiger partial charge is 0.340 e. The van der Waals surface area contributed by atoms with Crippen LogP contribution in [0.4, 0.5) is 18.9 Å². The summed E-state index contributed by atoms with van der Waals surface area (Å²) in [5, 5.41) is 2.17. The van der Waals surface area contributed by atoms with Crippen LogP contribution in [0.25, 0.3) is 0 Å². The summed E-state index contributed by atoms with van der Waals surface area (Å²) in [7, 11) is 3.21. The van der Waals surface area contributed by atoms with Crippen molar-refractivity contribution in [3.8, 4) is 0 Å². The van der Waals surface area contributed by atoms with E-state index < -0.39 is 29.0 Å². The SMILES string of the molecule is Cc1ccc(CN(C)C(=O)CN(C)CC(=O)Nc2ccc(F)c(F)c2F)cc1. The second-order valence-corrected chi connectivity index (χ2v) is 6.68. The Balaban J connectivity index is 1.85. The van der Waals surface area contributed by atoms with E-state index in [-0.39, 0.29) is 19.0 Å². The maximum atomic E-state index is 13.6. The molecule has 0 aliphatic heterocycles. The van der Waals surface area contributed by atoms with E-state index in [2.05, 4.69) is 5.32 Å². The third kappa shape index (κ3) is 5.82. The highest BCUT2D eigenvalue weighted by atomic mass is 19.2. The summed E-state index contributed by atoms with van der Waals surface area (Å²) in [4.78, 5) is 27.3. The first-order chi connectivity index (χ1) is 13.2. The van der Waals surface area contributed by atoms with Crippen molar-refractivity contribution in [3.05, 3.63) is 65.0 Å². The van der Waals surface area contributed by atoms with E-state index in [1.807, 2.05) is 31.2 Å². The first-order valence-corrected chi connectivity index (χ1v) is 8.58. The smallest absolute Gasteiger partial charge is 0.238 e. The van der Waals surface area contributed by atoms with Crippen molar-refractivity contribution in [1.82, 2.24) is 9.80 Å². The van der Waals surface area contributed by atoms with Gasteiger partial charge in [-0.3, -0.25) is 14.5 Å². The molecule has 0 unspecified atom stereocenters. The van der Waals surface area contributed by atoms with Gasteiger partial charge in [0.15, 0.2) is 17.5 Å². The van der Waals surface area contributed by atoms with Crippen molar-refractivity contribution in [2.24, 2.45) is 0 Å². The van der Waals surface area contributed by atoms with E-state index in [0.717, 1.165) is 23.3 Å². The Morgan fingerprint density at radius 1 is 0.929 bits per heavy atom. The molecule has 8 heteroatoms. The first kappa shape index (κ1) is 21.4. The molecule has 2 aromatic carbocycles. The van der Waals surface area contributed by atoms with Crippen LogP contribution in [-0.4, -0.2) is 48.8 Å². The minimum Gasteiger partial charge on any atom is -0.340 e. The van der Waals surface area contributed by atoms with Gasteiger partial charge in [-0.25, -0.2) is 13.2 Å². The van der Waals surface area contributed by atoms with E-state index >= 15 is 0 Å². The molecule has 0 radical (unpaired) electrons. The molecule has 0 saturated carbocycles. The highest BCUT2D eigenvalue weighted by Crippen LogP contribution is 2.19. The van der Waals surface area contributed by atoms with Crippen molar-refractivity contribution in [3.63, 3.8) is 0 Å². The Kier molecular flexibility index (Phi) is 7.17. The standard InChI is InChI=1S/C20H22F3N3O2/c1-13-4-6-14(7-5-13)10-26(3)18(28)12-25(2)11-17(27)24-16-9-8-15(21)19(22)20(16)23/h4-9H,10-12H2,1-3H3,(H,24,27). The van der Waals surface area contributed by atoms with Crippen LogP contribution in [-0.2, 0) is 16.1 Å². The summed E-state index contributed by atoms with van der Waals surface area (Å²) in [5.41, 5.74) is 1.65. The molecule has 0 aromatic heterocycles. The van der Waals surface area contributed by atoms with Crippen LogP contribution in [0, 0.1) is 24.4 Å². The van der Waals surface area contributed by atoms with Crippen LogP contribution in [0.2, 0.25) is 0 Å². The van der Waals surface area contributed by atoms with Gasteiger partial charge < -0.3 is 10.2 Å². The molecular weight excluding hydrogens is 371 g/mol. The molecule has 0 atom stereocenters. The first-order valence-electron chi connectivity index (χ1n) is 8.58. The Labute approximate surface area is 161 Å². The number of aryl methyl sites for hydroxylation is 1. The predicted octanol–water partition coefficient (Wildman–Crippen LogP) is 2.94. The Bertz CT molecular complexity index is 857. The molecule has 0 aliphatic carbocycles. The van der Waals surface area contributed by atoms with Crippen molar-refractivity contribution < 1.29 is 22.8 Å². The number of hydrogen-bond donors (Lipinski definition) is 1. The third-order valence-electron chi connectivity index (χ3n) is 4.09. The lowest BCUT2D eigenvalue weighted by atomic mass is 10.1. The van der Waals surface area contributed by atoms with Crippen LogP contribution in [0.3, 0.4) is 0 Å². The zero-order chi connectivity index (χ0) is 20.8. The van der Waals surface area contributed by atoms with Crippen LogP contribution in [0.1, 0.15) is 11.1 Å². The van der Waals surface area contributed by atoms with Gasteiger partial charge in [-0.05, 0) is 31.7 Å². The molecule has 0 spiro atoms. The topological polar surface area (TPSA) is 52.7 Å². The zero-order valence-electron chi connectivity index (χ0n) is 15.9. The Morgan fingerprint density at radius 2 is 1.57 bits per heavy atom. The summed E-state index contributed by atoms with van der Waals surface area (Å²) in [6.45, 7) is 2.16. The number of carbonyl (C=O) groups excluding carboxylic acids is 2. The molecular formula is C20H22F3N3O2. The van der Waals surface area contributed by atoms with Gasteiger partial charge in [0, 0.05) is 13.6 Å². The average molecular weight is 393 g/mol. The van der Waals surface area contributed by atoms with Gasteiger partial charge >= 0.3 is 0 Å². The van der Waals surface area contributed by atoms with Crippen molar-refractivity contribution in [2.45, 2.75) is 13.5 Å². The minimum absolute atomic E-state index is 0.0317. The maximum Gasteiger partial charge on any atom is 0.238 e. The van der Waals surface area contributed by atoms with E-state index in [4.69, 9.17) is 0 Å². The van der Waals surface area contributed by atoms with E-state index in [0.29, 0.717) is 6.54 Å². The van der Waals surface area contributed by atoms with Gasteiger partial charge in [-0.2, -0.15) is 0 Å². The number of nitrogens with zero attached hydrogens (tertiary/aromatic N) is 2. The fourth-order valence-corrected chi connectivity index (χ4v) is 2.52. The number of hydrogen-bond acceptors (Lipinski definition) is 3. The number of rotatable bonds is 7. The average Bonchev–Trinajstić information content (AvgIpc) is 2.63. The molecule has 0 fully saturated rings. The monoisotopic (exact) mass is 393 g/mol. The molecule has 2 aromatic rings. The molecule has 0 aliphatic rings. The fourth-order valence-electron chi connectivity index (χ4n) is 2.52. The normalized spacial score (nSPS) is 10.8. The number of halogens is 3. The fraction of sp³-hybridized carbons (Fsp3) is 0.300. The molecule has 0 bridgehead atoms. The number of amides is 2. The number of anilines is 1. The quantitative estimate of drug-likeness (QED) is 0.736. The van der Waals surface area contributed by atoms with E-state index in [9.17, 15) is 22.8 Å². The Hall–Kier alpha value is -2.87. The summed E-state index contributed by atoms with van der Waals surface area (Å²) in [5.74, 6) is -5.31. The van der Waals surface area contributed by atoms with Crippen LogP contribution in [0.15, 0.2) is 36.4 Å². The van der Waals surface area contributed by atoms with Crippen LogP contribution >= 0.6 is 0 Å². The second-order valence-electron chi connectivity index (χ2n) is 6.68. The molecule has 0 saturated heterocycles. The molecule has 2 amide bonds. The second kappa shape index (κ2) is 9.36. The molecule has 28 heavy (non-hydrogen) atoms. The van der Waals surface area contributed by atoms with Crippen LogP contribution in [0.5, 0.6) is 0 Å². The van der Waals surface area contributed by atoms with Crippen molar-refractivity contribution in [1.29, 1.82) is 0 Å². The maximum absolute atomic E-state index is 13.6. The lowest BCUT2D eigenvalue weighted by Crippen LogP contribution is -2.39. The highest BCUT2D eigenvalue weighted by Gasteiger charge is 2.18. The number of carbonyl (C=O) groups is 2. The number of benzene rings is 2. The molecule has 0 heterocycles. The Morgan fingerprint density at radius 3 is 2.21 bits per heavy atom. The van der Waals surface area contributed by atoms with Crippen molar-refractivity contribution >= 4 is 17.5 Å². The summed E-state index contributed by atoms with van der Waals surface area (Å²) < 4.78 is 39.7. The van der Waals surface area contributed by atoms with E-state index in [1.165, 1.54) is 9.80 Å². The molecule has 1 N–H and O–H groups in total. The molecule has 150 valence electrons. The van der Waals surface area contributed by atoms with Crippen molar-refractivity contribution in [2.75, 3.05) is 32.5 Å².